The number of nitrogens with two attached hydrogens (primary N) is 1. The lowest BCUT2D eigenvalue weighted by atomic mass is 10.1. The van der Waals surface area contributed by atoms with Crippen molar-refractivity contribution in [2.24, 2.45) is 5.73 Å². The topological polar surface area (TPSA) is 80.9 Å². The number of nitrogens with one attached hydrogen (secondary N) is 1. The molecule has 1 aromatic heterocycles. The van der Waals surface area contributed by atoms with Crippen molar-refractivity contribution in [1.82, 2.24) is 9.97 Å². The van der Waals surface area contributed by atoms with E-state index in [-0.39, 0.29) is 0 Å². The molecule has 0 aliphatic carbocycles. The molecule has 0 aliphatic heterocycles. The number of hydrogen-bond acceptors (Lipinski definition) is 4. The molecule has 0 bridgehead atoms. The number of para-hydroxylation sites is 1. The Bertz CT molecular complexity index is 876. The first-order valence-electron chi connectivity index (χ1n) is 8.04. The summed E-state index contributed by atoms with van der Waals surface area (Å²) in [6.07, 6.45) is 3.65. The second-order valence-electron chi connectivity index (χ2n) is 5.71. The fourth-order valence-corrected chi connectivity index (χ4v) is 2.80. The van der Waals surface area contributed by atoms with Gasteiger partial charge in [-0.2, -0.15) is 0 Å². The normalized spacial score (nSPS) is 10.7. The number of nitrogens with zero attached hydrogens (tertiary/aromatic N) is 2. The number of rotatable bonds is 6. The van der Waals surface area contributed by atoms with E-state index >= 15 is 0 Å². The largest absolute Gasteiger partial charge is 0.366 e. The van der Waals surface area contributed by atoms with Gasteiger partial charge in [0.1, 0.15) is 12.1 Å². The lowest BCUT2D eigenvalue weighted by Crippen LogP contribution is -2.12. The van der Waals surface area contributed by atoms with E-state index in [9.17, 15) is 4.79 Å². The number of aryl methyl sites for hydroxylation is 1. The molecule has 1 amide bonds. The van der Waals surface area contributed by atoms with Gasteiger partial charge in [0.05, 0.1) is 11.1 Å². The van der Waals surface area contributed by atoms with Gasteiger partial charge in [0, 0.05) is 11.9 Å². The molecular formula is C19H20N4O. The first kappa shape index (κ1) is 15.9. The van der Waals surface area contributed by atoms with Gasteiger partial charge < -0.3 is 11.1 Å². The fraction of sp³-hybridized carbons (Fsp3) is 0.211. The second kappa shape index (κ2) is 7.08. The minimum atomic E-state index is -0.488. The van der Waals surface area contributed by atoms with Gasteiger partial charge in [-0.05, 0) is 29.7 Å². The van der Waals surface area contributed by atoms with Crippen LogP contribution in [0.1, 0.15) is 34.8 Å². The standard InChI is InChI=1S/C19H20N4O/c1-2-5-13-6-3-7-14(10-13)11-21-19-16-9-4-8-15(18(20)24)17(16)22-12-23-19/h3-4,6-10,12H,2,5,11H2,1H3,(H2,20,24)(H,21,22,23). The SMILES string of the molecule is CCCc1cccc(CNc2ncnc3c(C(N)=O)cccc23)c1. The number of benzene rings is 2. The molecule has 3 aromatic rings. The molecule has 0 aliphatic rings. The van der Waals surface area contributed by atoms with E-state index in [0.29, 0.717) is 23.4 Å². The Labute approximate surface area is 140 Å². The van der Waals surface area contributed by atoms with Crippen LogP contribution in [-0.4, -0.2) is 15.9 Å². The number of hydrogen-bond donors (Lipinski definition) is 2. The van der Waals surface area contributed by atoms with Crippen molar-refractivity contribution in [1.29, 1.82) is 0 Å². The van der Waals surface area contributed by atoms with Crippen molar-refractivity contribution in [3.05, 3.63) is 65.5 Å². The summed E-state index contributed by atoms with van der Waals surface area (Å²) >= 11 is 0. The lowest BCUT2D eigenvalue weighted by Gasteiger charge is -2.10. The number of aromatic nitrogens is 2. The minimum Gasteiger partial charge on any atom is -0.366 e. The highest BCUT2D eigenvalue weighted by atomic mass is 16.1. The quantitative estimate of drug-likeness (QED) is 0.730. The van der Waals surface area contributed by atoms with Gasteiger partial charge in [-0.3, -0.25) is 4.79 Å². The Morgan fingerprint density at radius 1 is 1.12 bits per heavy atom. The predicted octanol–water partition coefficient (Wildman–Crippen LogP) is 3.29. The summed E-state index contributed by atoms with van der Waals surface area (Å²) in [5, 5.41) is 4.13. The molecule has 5 heteroatoms. The maximum absolute atomic E-state index is 11.5. The molecule has 0 unspecified atom stereocenters. The number of carbonyl (C=O) groups excluding carboxylic acids is 1. The van der Waals surface area contributed by atoms with E-state index in [1.54, 1.807) is 12.1 Å². The number of amides is 1. The van der Waals surface area contributed by atoms with Crippen molar-refractivity contribution in [3.8, 4) is 0 Å². The molecule has 0 saturated heterocycles. The van der Waals surface area contributed by atoms with E-state index in [4.69, 9.17) is 5.73 Å². The maximum Gasteiger partial charge on any atom is 0.250 e. The average Bonchev–Trinajstić information content (AvgIpc) is 2.60. The smallest absolute Gasteiger partial charge is 0.250 e. The van der Waals surface area contributed by atoms with Crippen molar-refractivity contribution in [2.75, 3.05) is 5.32 Å². The van der Waals surface area contributed by atoms with E-state index in [1.165, 1.54) is 17.5 Å². The van der Waals surface area contributed by atoms with Crippen LogP contribution in [0.3, 0.4) is 0 Å². The summed E-state index contributed by atoms with van der Waals surface area (Å²) in [6.45, 7) is 2.83. The number of anilines is 1. The summed E-state index contributed by atoms with van der Waals surface area (Å²) in [4.78, 5) is 20.1. The number of carbonyl (C=O) groups is 1. The highest BCUT2D eigenvalue weighted by Crippen LogP contribution is 2.22. The van der Waals surface area contributed by atoms with Crippen molar-refractivity contribution in [3.63, 3.8) is 0 Å². The van der Waals surface area contributed by atoms with Gasteiger partial charge in [-0.15, -0.1) is 0 Å². The highest BCUT2D eigenvalue weighted by molar-refractivity contribution is 6.06. The Balaban J connectivity index is 1.87. The van der Waals surface area contributed by atoms with Gasteiger partial charge in [-0.1, -0.05) is 43.7 Å². The molecule has 1 heterocycles. The average molecular weight is 320 g/mol. The minimum absolute atomic E-state index is 0.405. The van der Waals surface area contributed by atoms with Crippen LogP contribution in [0.5, 0.6) is 0 Å². The van der Waals surface area contributed by atoms with E-state index in [0.717, 1.165) is 18.2 Å². The lowest BCUT2D eigenvalue weighted by molar-refractivity contribution is 0.100. The molecule has 0 radical (unpaired) electrons. The summed E-state index contributed by atoms with van der Waals surface area (Å²) in [5.74, 6) is 0.210. The Morgan fingerprint density at radius 3 is 2.71 bits per heavy atom. The van der Waals surface area contributed by atoms with Crippen molar-refractivity contribution < 1.29 is 4.79 Å². The molecule has 5 nitrogen and oxygen atoms in total. The third kappa shape index (κ3) is 3.35. The van der Waals surface area contributed by atoms with Crippen LogP contribution in [0, 0.1) is 0 Å². The molecule has 0 atom stereocenters. The molecule has 0 saturated carbocycles. The van der Waals surface area contributed by atoms with Gasteiger partial charge in [0.15, 0.2) is 0 Å². The predicted molar refractivity (Wildman–Crippen MR) is 95.8 cm³/mol. The summed E-state index contributed by atoms with van der Waals surface area (Å²) in [7, 11) is 0. The molecule has 0 fully saturated rings. The molecule has 0 spiro atoms. The third-order valence-corrected chi connectivity index (χ3v) is 3.92. The molecule has 3 N–H and O–H groups in total. The Morgan fingerprint density at radius 2 is 1.92 bits per heavy atom. The Kier molecular flexibility index (Phi) is 4.70. The zero-order chi connectivity index (χ0) is 16.9. The van der Waals surface area contributed by atoms with Crippen LogP contribution in [0.25, 0.3) is 10.9 Å². The first-order valence-corrected chi connectivity index (χ1v) is 8.04. The number of fused-ring (bicyclic) bond motifs is 1. The zero-order valence-electron chi connectivity index (χ0n) is 13.6. The van der Waals surface area contributed by atoms with E-state index in [1.807, 2.05) is 6.07 Å². The molecular weight excluding hydrogens is 300 g/mol. The second-order valence-corrected chi connectivity index (χ2v) is 5.71. The van der Waals surface area contributed by atoms with Crippen LogP contribution >= 0.6 is 0 Å². The fourth-order valence-electron chi connectivity index (χ4n) is 2.80. The molecule has 2 aromatic carbocycles. The molecule has 3 rings (SSSR count). The van der Waals surface area contributed by atoms with Crippen LogP contribution in [0.4, 0.5) is 5.82 Å². The zero-order valence-corrected chi connectivity index (χ0v) is 13.6. The van der Waals surface area contributed by atoms with E-state index < -0.39 is 5.91 Å². The highest BCUT2D eigenvalue weighted by Gasteiger charge is 2.10. The van der Waals surface area contributed by atoms with Crippen molar-refractivity contribution >= 4 is 22.6 Å². The summed E-state index contributed by atoms with van der Waals surface area (Å²) in [6, 6.07) is 13.9. The molecule has 24 heavy (non-hydrogen) atoms. The van der Waals surface area contributed by atoms with Gasteiger partial charge in [0.25, 0.3) is 5.91 Å². The maximum atomic E-state index is 11.5. The van der Waals surface area contributed by atoms with Gasteiger partial charge >= 0.3 is 0 Å². The van der Waals surface area contributed by atoms with Gasteiger partial charge in [-0.25, -0.2) is 9.97 Å². The first-order chi connectivity index (χ1) is 11.7. The van der Waals surface area contributed by atoms with Gasteiger partial charge in [0.2, 0.25) is 0 Å². The Hall–Kier alpha value is -2.95. The molecule has 122 valence electrons. The number of primary amides is 1. The third-order valence-electron chi connectivity index (χ3n) is 3.92. The van der Waals surface area contributed by atoms with Crippen molar-refractivity contribution in [2.45, 2.75) is 26.3 Å². The van der Waals surface area contributed by atoms with Crippen LogP contribution < -0.4 is 11.1 Å². The van der Waals surface area contributed by atoms with Crippen LogP contribution in [-0.2, 0) is 13.0 Å². The van der Waals surface area contributed by atoms with Crippen LogP contribution in [0.2, 0.25) is 0 Å². The monoisotopic (exact) mass is 320 g/mol. The van der Waals surface area contributed by atoms with Crippen LogP contribution in [0.15, 0.2) is 48.8 Å². The summed E-state index contributed by atoms with van der Waals surface area (Å²) < 4.78 is 0. The summed E-state index contributed by atoms with van der Waals surface area (Å²) in [5.41, 5.74) is 8.92. The van der Waals surface area contributed by atoms with E-state index in [2.05, 4.69) is 46.5 Å².